The van der Waals surface area contributed by atoms with Crippen LogP contribution in [0, 0.1) is 0 Å². The van der Waals surface area contributed by atoms with Gasteiger partial charge in [-0.1, -0.05) is 0 Å². The summed E-state index contributed by atoms with van der Waals surface area (Å²) in [6.45, 7) is 1.88. The molecule has 0 radical (unpaired) electrons. The Balaban J connectivity index is 2.10. The van der Waals surface area contributed by atoms with E-state index in [1.54, 1.807) is 12.1 Å². The van der Waals surface area contributed by atoms with E-state index in [-0.39, 0.29) is 11.8 Å². The second-order valence-electron chi connectivity index (χ2n) is 3.78. The van der Waals surface area contributed by atoms with Gasteiger partial charge in [0.25, 0.3) is 5.91 Å². The molecule has 1 amide bonds. The van der Waals surface area contributed by atoms with Crippen molar-refractivity contribution in [2.45, 2.75) is 18.9 Å². The first-order valence-electron chi connectivity index (χ1n) is 5.39. The van der Waals surface area contributed by atoms with Gasteiger partial charge in [-0.3, -0.25) is 4.79 Å². The van der Waals surface area contributed by atoms with E-state index in [0.717, 1.165) is 25.9 Å². The second-order valence-corrected chi connectivity index (χ2v) is 3.78. The highest BCUT2D eigenvalue weighted by Gasteiger charge is 2.18. The van der Waals surface area contributed by atoms with Crippen LogP contribution >= 0.6 is 0 Å². The number of aromatic nitrogens is 1. The molecule has 2 rings (SSSR count). The first-order valence-corrected chi connectivity index (χ1v) is 5.39. The van der Waals surface area contributed by atoms with Crippen LogP contribution in [0.2, 0.25) is 0 Å². The zero-order chi connectivity index (χ0) is 11.4. The summed E-state index contributed by atoms with van der Waals surface area (Å²) in [7, 11) is 0. The van der Waals surface area contributed by atoms with Crippen LogP contribution in [0.1, 0.15) is 23.3 Å². The Morgan fingerprint density at radius 3 is 2.94 bits per heavy atom. The van der Waals surface area contributed by atoms with Crippen molar-refractivity contribution in [2.24, 2.45) is 5.73 Å². The monoisotopic (exact) mass is 221 g/mol. The molecule has 0 saturated carbocycles. The minimum absolute atomic E-state index is 0.142. The highest BCUT2D eigenvalue weighted by molar-refractivity contribution is 5.93. The standard InChI is InChI=1S/C11H15N3O2/c12-11(15)10-9(2-1-5-14-10)16-8-3-6-13-7-4-8/h1-2,5,8,13H,3-4,6-7H2,(H2,12,15). The van der Waals surface area contributed by atoms with E-state index in [1.807, 2.05) is 0 Å². The summed E-state index contributed by atoms with van der Waals surface area (Å²) >= 11 is 0. The van der Waals surface area contributed by atoms with Gasteiger partial charge in [-0.25, -0.2) is 4.98 Å². The number of nitrogens with two attached hydrogens (primary N) is 1. The third-order valence-electron chi connectivity index (χ3n) is 2.58. The van der Waals surface area contributed by atoms with Gasteiger partial charge in [0.15, 0.2) is 11.4 Å². The van der Waals surface area contributed by atoms with Gasteiger partial charge in [-0.2, -0.15) is 0 Å². The summed E-state index contributed by atoms with van der Waals surface area (Å²) in [6, 6.07) is 3.47. The summed E-state index contributed by atoms with van der Waals surface area (Å²) in [5.74, 6) is -0.0635. The Morgan fingerprint density at radius 2 is 2.25 bits per heavy atom. The molecule has 1 aromatic rings. The molecule has 0 unspecified atom stereocenters. The second kappa shape index (κ2) is 4.94. The number of ether oxygens (including phenoxy) is 1. The van der Waals surface area contributed by atoms with Gasteiger partial charge in [0, 0.05) is 6.20 Å². The molecular weight excluding hydrogens is 206 g/mol. The van der Waals surface area contributed by atoms with Gasteiger partial charge in [-0.15, -0.1) is 0 Å². The number of carbonyl (C=O) groups excluding carboxylic acids is 1. The number of piperidine rings is 1. The number of carbonyl (C=O) groups is 1. The van der Waals surface area contributed by atoms with Crippen molar-refractivity contribution in [2.75, 3.05) is 13.1 Å². The van der Waals surface area contributed by atoms with Crippen molar-refractivity contribution in [3.63, 3.8) is 0 Å². The lowest BCUT2D eigenvalue weighted by Crippen LogP contribution is -2.34. The van der Waals surface area contributed by atoms with Gasteiger partial charge >= 0.3 is 0 Å². The fourth-order valence-electron chi connectivity index (χ4n) is 1.76. The van der Waals surface area contributed by atoms with Gasteiger partial charge in [0.1, 0.15) is 6.10 Å². The van der Waals surface area contributed by atoms with E-state index < -0.39 is 5.91 Å². The number of nitrogens with one attached hydrogen (secondary N) is 1. The van der Waals surface area contributed by atoms with Crippen molar-refractivity contribution in [3.8, 4) is 5.75 Å². The van der Waals surface area contributed by atoms with Crippen molar-refractivity contribution < 1.29 is 9.53 Å². The fourth-order valence-corrected chi connectivity index (χ4v) is 1.76. The van der Waals surface area contributed by atoms with Crippen LogP contribution in [0.15, 0.2) is 18.3 Å². The molecule has 1 aliphatic rings. The van der Waals surface area contributed by atoms with Crippen LogP contribution in [-0.4, -0.2) is 30.1 Å². The van der Waals surface area contributed by atoms with E-state index in [4.69, 9.17) is 10.5 Å². The SMILES string of the molecule is NC(=O)c1ncccc1OC1CCNCC1. The average molecular weight is 221 g/mol. The topological polar surface area (TPSA) is 77.2 Å². The molecule has 0 aliphatic carbocycles. The van der Waals surface area contributed by atoms with Crippen LogP contribution < -0.4 is 15.8 Å². The molecular formula is C11H15N3O2. The zero-order valence-corrected chi connectivity index (χ0v) is 8.98. The van der Waals surface area contributed by atoms with E-state index in [9.17, 15) is 4.79 Å². The maximum absolute atomic E-state index is 11.1. The van der Waals surface area contributed by atoms with Gasteiger partial charge in [0.05, 0.1) is 0 Å². The lowest BCUT2D eigenvalue weighted by molar-refractivity contribution is 0.0983. The molecule has 0 atom stereocenters. The third-order valence-corrected chi connectivity index (χ3v) is 2.58. The van der Waals surface area contributed by atoms with Gasteiger partial charge in [-0.05, 0) is 38.1 Å². The molecule has 16 heavy (non-hydrogen) atoms. The minimum Gasteiger partial charge on any atom is -0.488 e. The summed E-state index contributed by atoms with van der Waals surface area (Å²) in [6.07, 6.45) is 3.55. The van der Waals surface area contributed by atoms with Gasteiger partial charge in [0.2, 0.25) is 0 Å². The average Bonchev–Trinajstić information content (AvgIpc) is 2.31. The molecule has 1 aliphatic heterocycles. The number of pyridine rings is 1. The molecule has 1 saturated heterocycles. The molecule has 0 bridgehead atoms. The number of nitrogens with zero attached hydrogens (tertiary/aromatic N) is 1. The Hall–Kier alpha value is -1.62. The number of primary amides is 1. The lowest BCUT2D eigenvalue weighted by Gasteiger charge is -2.24. The Bertz CT molecular complexity index is 375. The molecule has 5 heteroatoms. The van der Waals surface area contributed by atoms with Crippen molar-refractivity contribution in [1.82, 2.24) is 10.3 Å². The first kappa shape index (κ1) is 10.9. The first-order chi connectivity index (χ1) is 7.77. The molecule has 3 N–H and O–H groups in total. The van der Waals surface area contributed by atoms with Crippen LogP contribution in [-0.2, 0) is 0 Å². The quantitative estimate of drug-likeness (QED) is 0.770. The Labute approximate surface area is 94.0 Å². The number of hydrogen-bond donors (Lipinski definition) is 2. The normalized spacial score (nSPS) is 17.0. The Kier molecular flexibility index (Phi) is 3.36. The molecule has 1 fully saturated rings. The Morgan fingerprint density at radius 1 is 1.50 bits per heavy atom. The molecule has 5 nitrogen and oxygen atoms in total. The molecule has 0 spiro atoms. The van der Waals surface area contributed by atoms with E-state index in [2.05, 4.69) is 10.3 Å². The van der Waals surface area contributed by atoms with Gasteiger partial charge < -0.3 is 15.8 Å². The maximum Gasteiger partial charge on any atom is 0.271 e. The van der Waals surface area contributed by atoms with Crippen LogP contribution in [0.3, 0.4) is 0 Å². The summed E-state index contributed by atoms with van der Waals surface area (Å²) in [5.41, 5.74) is 5.44. The number of amides is 1. The summed E-state index contributed by atoms with van der Waals surface area (Å²) in [5, 5.41) is 3.25. The van der Waals surface area contributed by atoms with Crippen molar-refractivity contribution in [3.05, 3.63) is 24.0 Å². The number of rotatable bonds is 3. The zero-order valence-electron chi connectivity index (χ0n) is 8.98. The predicted octanol–water partition coefficient (Wildman–Crippen LogP) is 0.311. The van der Waals surface area contributed by atoms with Crippen LogP contribution in [0.4, 0.5) is 0 Å². The molecule has 86 valence electrons. The van der Waals surface area contributed by atoms with Crippen LogP contribution in [0.25, 0.3) is 0 Å². The fraction of sp³-hybridized carbons (Fsp3) is 0.455. The smallest absolute Gasteiger partial charge is 0.271 e. The number of hydrogen-bond acceptors (Lipinski definition) is 4. The predicted molar refractivity (Wildman–Crippen MR) is 59.3 cm³/mol. The highest BCUT2D eigenvalue weighted by atomic mass is 16.5. The van der Waals surface area contributed by atoms with E-state index in [0.29, 0.717) is 5.75 Å². The van der Waals surface area contributed by atoms with E-state index in [1.165, 1.54) is 6.20 Å². The van der Waals surface area contributed by atoms with Crippen LogP contribution in [0.5, 0.6) is 5.75 Å². The van der Waals surface area contributed by atoms with Crippen molar-refractivity contribution >= 4 is 5.91 Å². The third kappa shape index (κ3) is 2.49. The summed E-state index contributed by atoms with van der Waals surface area (Å²) < 4.78 is 5.74. The summed E-state index contributed by atoms with van der Waals surface area (Å²) in [4.78, 5) is 15.1. The molecule has 1 aromatic heterocycles. The minimum atomic E-state index is -0.551. The molecule has 0 aromatic carbocycles. The van der Waals surface area contributed by atoms with Crippen molar-refractivity contribution in [1.29, 1.82) is 0 Å². The maximum atomic E-state index is 11.1. The largest absolute Gasteiger partial charge is 0.488 e. The lowest BCUT2D eigenvalue weighted by atomic mass is 10.1. The highest BCUT2D eigenvalue weighted by Crippen LogP contribution is 2.19. The van der Waals surface area contributed by atoms with E-state index >= 15 is 0 Å². The molecule has 2 heterocycles.